The highest BCUT2D eigenvalue weighted by molar-refractivity contribution is 7.09. The molecule has 128 valence electrons. The summed E-state index contributed by atoms with van der Waals surface area (Å²) in [6, 6.07) is 10.7. The molecule has 0 aliphatic carbocycles. The molecule has 1 N–H and O–H groups in total. The molecule has 24 heavy (non-hydrogen) atoms. The zero-order valence-corrected chi connectivity index (χ0v) is 14.1. The summed E-state index contributed by atoms with van der Waals surface area (Å²) in [5.41, 5.74) is 0. The second kappa shape index (κ2) is 9.57. The van der Waals surface area contributed by atoms with Gasteiger partial charge >= 0.3 is 5.97 Å². The first kappa shape index (κ1) is 17.8. The van der Waals surface area contributed by atoms with Crippen LogP contribution in [0.5, 0.6) is 11.5 Å². The molecule has 6 nitrogen and oxygen atoms in total. The molecule has 2 rings (SSSR count). The van der Waals surface area contributed by atoms with Gasteiger partial charge in [-0.2, -0.15) is 0 Å². The number of carbonyl (C=O) groups excluding carboxylic acids is 2. The van der Waals surface area contributed by atoms with Crippen LogP contribution in [-0.4, -0.2) is 31.7 Å². The van der Waals surface area contributed by atoms with Gasteiger partial charge in [0.2, 0.25) is 0 Å². The first-order valence-corrected chi connectivity index (χ1v) is 8.35. The van der Waals surface area contributed by atoms with E-state index in [1.807, 2.05) is 24.4 Å². The standard InChI is InChI=1S/C17H19NO5S/c1-2-21-13-5-7-14(8-6-13)22-12-17(20)23-11-16(19)18-10-15-4-3-9-24-15/h3-9H,2,10-12H2,1H3,(H,18,19). The fourth-order valence-corrected chi connectivity index (χ4v) is 2.42. The third-order valence-electron chi connectivity index (χ3n) is 2.90. The number of nitrogens with one attached hydrogen (secondary N) is 1. The second-order valence-electron chi connectivity index (χ2n) is 4.71. The molecule has 0 radical (unpaired) electrons. The van der Waals surface area contributed by atoms with Gasteiger partial charge in [0.25, 0.3) is 5.91 Å². The molecule has 0 saturated carbocycles. The average Bonchev–Trinajstić information content (AvgIpc) is 3.11. The minimum atomic E-state index is -0.602. The molecule has 0 bridgehead atoms. The Morgan fingerprint density at radius 1 is 1.04 bits per heavy atom. The molecule has 1 amide bonds. The van der Waals surface area contributed by atoms with E-state index in [2.05, 4.69) is 5.32 Å². The van der Waals surface area contributed by atoms with Crippen molar-refractivity contribution in [2.24, 2.45) is 0 Å². The highest BCUT2D eigenvalue weighted by Gasteiger charge is 2.08. The molecule has 1 aromatic heterocycles. The van der Waals surface area contributed by atoms with E-state index in [0.717, 1.165) is 10.6 Å². The lowest BCUT2D eigenvalue weighted by atomic mass is 10.3. The Morgan fingerprint density at radius 3 is 2.38 bits per heavy atom. The van der Waals surface area contributed by atoms with E-state index in [0.29, 0.717) is 18.9 Å². The molecule has 0 saturated heterocycles. The van der Waals surface area contributed by atoms with Crippen molar-refractivity contribution in [3.8, 4) is 11.5 Å². The van der Waals surface area contributed by atoms with Gasteiger partial charge in [0, 0.05) is 4.88 Å². The van der Waals surface area contributed by atoms with Crippen molar-refractivity contribution in [2.75, 3.05) is 19.8 Å². The van der Waals surface area contributed by atoms with Gasteiger partial charge in [-0.25, -0.2) is 4.79 Å². The van der Waals surface area contributed by atoms with Gasteiger partial charge in [-0.05, 0) is 42.6 Å². The number of ether oxygens (including phenoxy) is 3. The summed E-state index contributed by atoms with van der Waals surface area (Å²) in [6.45, 7) is 2.33. The summed E-state index contributed by atoms with van der Waals surface area (Å²) >= 11 is 1.55. The number of thiophene rings is 1. The molecular weight excluding hydrogens is 330 g/mol. The first-order chi connectivity index (χ1) is 11.7. The summed E-state index contributed by atoms with van der Waals surface area (Å²) in [5, 5.41) is 4.60. The Bertz CT molecular complexity index is 640. The molecule has 0 fully saturated rings. The Morgan fingerprint density at radius 2 is 1.75 bits per heavy atom. The highest BCUT2D eigenvalue weighted by atomic mass is 32.1. The van der Waals surface area contributed by atoms with Crippen molar-refractivity contribution in [3.05, 3.63) is 46.7 Å². The van der Waals surface area contributed by atoms with Gasteiger partial charge in [-0.15, -0.1) is 11.3 Å². The quantitative estimate of drug-likeness (QED) is 0.704. The van der Waals surface area contributed by atoms with E-state index in [4.69, 9.17) is 14.2 Å². The van der Waals surface area contributed by atoms with Crippen molar-refractivity contribution in [3.63, 3.8) is 0 Å². The minimum Gasteiger partial charge on any atom is -0.494 e. The number of esters is 1. The predicted octanol–water partition coefficient (Wildman–Crippen LogP) is 2.39. The zero-order chi connectivity index (χ0) is 17.2. The monoisotopic (exact) mass is 349 g/mol. The maximum absolute atomic E-state index is 11.6. The SMILES string of the molecule is CCOc1ccc(OCC(=O)OCC(=O)NCc2cccs2)cc1. The third kappa shape index (κ3) is 6.29. The number of carbonyl (C=O) groups is 2. The van der Waals surface area contributed by atoms with Crippen molar-refractivity contribution >= 4 is 23.2 Å². The molecule has 0 aliphatic heterocycles. The fraction of sp³-hybridized carbons (Fsp3) is 0.294. The molecule has 7 heteroatoms. The van der Waals surface area contributed by atoms with Crippen molar-refractivity contribution in [1.29, 1.82) is 0 Å². The lowest BCUT2D eigenvalue weighted by molar-refractivity contribution is -0.150. The third-order valence-corrected chi connectivity index (χ3v) is 3.77. The number of rotatable bonds is 9. The predicted molar refractivity (Wildman–Crippen MR) is 90.2 cm³/mol. The number of amides is 1. The van der Waals surface area contributed by atoms with Crippen molar-refractivity contribution in [1.82, 2.24) is 5.32 Å². The van der Waals surface area contributed by atoms with Crippen molar-refractivity contribution < 1.29 is 23.8 Å². The number of benzene rings is 1. The molecule has 1 aromatic carbocycles. The normalized spacial score (nSPS) is 10.0. The second-order valence-corrected chi connectivity index (χ2v) is 5.74. The van der Waals surface area contributed by atoms with Crippen LogP contribution in [0.2, 0.25) is 0 Å². The van der Waals surface area contributed by atoms with Crippen LogP contribution < -0.4 is 14.8 Å². The van der Waals surface area contributed by atoms with Gasteiger partial charge in [0.15, 0.2) is 13.2 Å². The lowest BCUT2D eigenvalue weighted by Gasteiger charge is -2.08. The van der Waals surface area contributed by atoms with E-state index in [9.17, 15) is 9.59 Å². The summed E-state index contributed by atoms with van der Waals surface area (Å²) in [7, 11) is 0. The molecule has 0 unspecified atom stereocenters. The Kier molecular flexibility index (Phi) is 7.10. The maximum atomic E-state index is 11.6. The van der Waals surface area contributed by atoms with E-state index in [-0.39, 0.29) is 19.1 Å². The molecule has 1 heterocycles. The summed E-state index contributed by atoms with van der Waals surface area (Å²) in [6.07, 6.45) is 0. The lowest BCUT2D eigenvalue weighted by Crippen LogP contribution is -2.29. The van der Waals surface area contributed by atoms with Crippen LogP contribution in [0.15, 0.2) is 41.8 Å². The van der Waals surface area contributed by atoms with Gasteiger partial charge in [-0.3, -0.25) is 4.79 Å². The smallest absolute Gasteiger partial charge is 0.344 e. The topological polar surface area (TPSA) is 73.9 Å². The van der Waals surface area contributed by atoms with E-state index >= 15 is 0 Å². The summed E-state index contributed by atoms with van der Waals surface area (Å²) < 4.78 is 15.5. The van der Waals surface area contributed by atoms with Crippen LogP contribution in [0.3, 0.4) is 0 Å². The van der Waals surface area contributed by atoms with Crippen molar-refractivity contribution in [2.45, 2.75) is 13.5 Å². The first-order valence-electron chi connectivity index (χ1n) is 7.47. The van der Waals surface area contributed by atoms with Gasteiger partial charge in [0.05, 0.1) is 13.2 Å². The highest BCUT2D eigenvalue weighted by Crippen LogP contribution is 2.17. The molecule has 0 aliphatic rings. The number of hydrogen-bond acceptors (Lipinski definition) is 6. The van der Waals surface area contributed by atoms with Crippen LogP contribution in [0.1, 0.15) is 11.8 Å². The van der Waals surface area contributed by atoms with Crippen LogP contribution in [-0.2, 0) is 20.9 Å². The average molecular weight is 349 g/mol. The zero-order valence-electron chi connectivity index (χ0n) is 13.3. The van der Waals surface area contributed by atoms with Crippen LogP contribution >= 0.6 is 11.3 Å². The van der Waals surface area contributed by atoms with Gasteiger partial charge in [-0.1, -0.05) is 6.07 Å². The summed E-state index contributed by atoms with van der Waals surface area (Å²) in [5.74, 6) is 0.306. The van der Waals surface area contributed by atoms with E-state index in [1.54, 1.807) is 35.6 Å². The van der Waals surface area contributed by atoms with Crippen LogP contribution in [0, 0.1) is 0 Å². The van der Waals surface area contributed by atoms with E-state index in [1.165, 1.54) is 0 Å². The van der Waals surface area contributed by atoms with Gasteiger partial charge in [0.1, 0.15) is 11.5 Å². The Balaban J connectivity index is 1.63. The molecular formula is C17H19NO5S. The van der Waals surface area contributed by atoms with Gasteiger partial charge < -0.3 is 19.5 Å². The molecule has 2 aromatic rings. The minimum absolute atomic E-state index is 0.258. The Hall–Kier alpha value is -2.54. The Labute approximate surface area is 144 Å². The van der Waals surface area contributed by atoms with Crippen LogP contribution in [0.25, 0.3) is 0 Å². The number of hydrogen-bond donors (Lipinski definition) is 1. The van der Waals surface area contributed by atoms with E-state index < -0.39 is 5.97 Å². The fourth-order valence-electron chi connectivity index (χ4n) is 1.78. The van der Waals surface area contributed by atoms with Crippen LogP contribution in [0.4, 0.5) is 0 Å². The largest absolute Gasteiger partial charge is 0.494 e. The summed E-state index contributed by atoms with van der Waals surface area (Å²) in [4.78, 5) is 24.2. The molecule has 0 atom stereocenters. The maximum Gasteiger partial charge on any atom is 0.344 e. The molecule has 0 spiro atoms.